The molecule has 1 aliphatic heterocycles. The molecule has 0 bridgehead atoms. The van der Waals surface area contributed by atoms with Gasteiger partial charge >= 0.3 is 70.8 Å². The van der Waals surface area contributed by atoms with Crippen molar-refractivity contribution in [3.63, 3.8) is 0 Å². The van der Waals surface area contributed by atoms with Crippen molar-refractivity contribution < 1.29 is 106 Å². The van der Waals surface area contributed by atoms with Crippen LogP contribution in [0.25, 0.3) is 10.4 Å². The number of hydrogen-bond donors (Lipinski definition) is 1. The van der Waals surface area contributed by atoms with Gasteiger partial charge in [-0.2, -0.15) is 11.8 Å². The molecule has 66 heavy (non-hydrogen) atoms. The Kier molecular flexibility index (Phi) is 41.6. The topological polar surface area (TPSA) is 247 Å². The van der Waals surface area contributed by atoms with Crippen molar-refractivity contribution >= 4 is 33.4 Å². The molecule has 1 aromatic rings. The molecule has 2 heterocycles. The van der Waals surface area contributed by atoms with Crippen molar-refractivity contribution in [1.29, 1.82) is 0 Å². The molecule has 0 radical (unpaired) electrons. The summed E-state index contributed by atoms with van der Waals surface area (Å²) in [7, 11) is -11.1. The quantitative estimate of drug-likeness (QED) is 0.0171. The van der Waals surface area contributed by atoms with Gasteiger partial charge in [0.1, 0.15) is 12.3 Å². The number of hydrogen-bond acceptors (Lipinski definition) is 14. The second kappa shape index (κ2) is 41.6. The summed E-state index contributed by atoms with van der Waals surface area (Å²) in [5, 5.41) is 3.57. The van der Waals surface area contributed by atoms with Crippen LogP contribution in [0.3, 0.4) is 0 Å². The molecule has 0 saturated carbocycles. The number of nitrogens with one attached hydrogen (secondary N) is 1. The fourth-order valence-corrected chi connectivity index (χ4v) is 10.7. The van der Waals surface area contributed by atoms with Crippen LogP contribution in [-0.2, 0) is 36.8 Å². The predicted molar refractivity (Wildman–Crippen MR) is 249 cm³/mol. The summed E-state index contributed by atoms with van der Waals surface area (Å²) in [5.41, 5.74) is 7.55. The number of azide groups is 1. The Morgan fingerprint density at radius 3 is 1.76 bits per heavy atom. The SMILES string of the molecule is CCCCCCCCCCCCCCCCSCC(COP(=O)([O-])OP(=O)([O-])OC[C@H]1O[C@@H](n2ccc(=O)[nH]c2=O)C[C@@H]1N=[N+]=[N-])OC(=O)CCCCCCCCCCCCCCC.[Na+].[Na+]. The predicted octanol–water partition coefficient (Wildman–Crippen LogP) is 5.11. The molecule has 1 aliphatic rings. The van der Waals surface area contributed by atoms with E-state index in [1.54, 1.807) is 0 Å². The molecule has 1 saturated heterocycles. The number of unbranched alkanes of at least 4 members (excludes halogenated alkanes) is 25. The van der Waals surface area contributed by atoms with Gasteiger partial charge in [0.25, 0.3) is 21.2 Å². The van der Waals surface area contributed by atoms with E-state index in [4.69, 9.17) is 24.1 Å². The summed E-state index contributed by atoms with van der Waals surface area (Å²) in [5.74, 6) is 0.535. The van der Waals surface area contributed by atoms with E-state index >= 15 is 0 Å². The molecule has 1 fully saturated rings. The summed E-state index contributed by atoms with van der Waals surface area (Å²) in [6, 6.07) is 0.0651. The fraction of sp³-hybridized carbons (Fsp3) is 0.886. The number of rotatable bonds is 42. The van der Waals surface area contributed by atoms with Gasteiger partial charge < -0.3 is 28.3 Å². The van der Waals surface area contributed by atoms with Crippen LogP contribution < -0.4 is 80.2 Å². The molecule has 6 atom stereocenters. The Balaban J connectivity index is 0.0000211. The van der Waals surface area contributed by atoms with Gasteiger partial charge in [-0.25, -0.2) is 9.11 Å². The second-order valence-corrected chi connectivity index (χ2v) is 21.1. The number of thioether (sulfide) groups is 1. The Morgan fingerprint density at radius 1 is 0.803 bits per heavy atom. The molecule has 22 heteroatoms. The van der Waals surface area contributed by atoms with E-state index in [1.807, 2.05) is 0 Å². The van der Waals surface area contributed by atoms with Crippen LogP contribution in [0.5, 0.6) is 0 Å². The first kappa shape index (κ1) is 66.0. The van der Waals surface area contributed by atoms with Crippen molar-refractivity contribution in [2.24, 2.45) is 5.11 Å². The standard InChI is InChI=1S/C44H81N5O12P2S.2Na/c1-3-5-7-9-11-13-15-17-19-21-23-25-27-29-33-64-37-38(59-43(51)30-28-26-24-22-20-18-16-14-12-10-8-6-4-2)35-57-62(53,54)61-63(55,56)58-36-40-39(47-48-45)34-42(60-40)49-32-31-41(50)46-44(49)52;;/h31-32,38-40,42H,3-30,33-37H2,1-2H3,(H,53,54)(H,55,56)(H,46,50,52);;/q;2*+1/p-2/t38?,39-,40+,42+;;/m0../s1. The summed E-state index contributed by atoms with van der Waals surface area (Å²) in [4.78, 5) is 66.8. The molecule has 0 aliphatic carbocycles. The number of esters is 1. The van der Waals surface area contributed by atoms with Crippen molar-refractivity contribution in [3.8, 4) is 0 Å². The minimum absolute atomic E-state index is 0. The largest absolute Gasteiger partial charge is 1.00 e. The van der Waals surface area contributed by atoms with Gasteiger partial charge in [0.15, 0.2) is 0 Å². The van der Waals surface area contributed by atoms with Crippen molar-refractivity contribution in [2.75, 3.05) is 24.7 Å². The molecule has 1 aromatic heterocycles. The third kappa shape index (κ3) is 33.6. The number of aromatic amines is 1. The number of carbonyl (C=O) groups excluding carboxylic acids is 1. The number of H-pyrrole nitrogens is 1. The Morgan fingerprint density at radius 2 is 1.27 bits per heavy atom. The van der Waals surface area contributed by atoms with Gasteiger partial charge in [0, 0.05) is 35.8 Å². The summed E-state index contributed by atoms with van der Waals surface area (Å²) < 4.78 is 51.8. The van der Waals surface area contributed by atoms with Gasteiger partial charge in [-0.15, -0.1) is 0 Å². The van der Waals surface area contributed by atoms with Crippen LogP contribution in [0.1, 0.15) is 206 Å². The zero-order valence-corrected chi connectivity index (χ0v) is 47.4. The Hall–Kier alpha value is 0.0300. The van der Waals surface area contributed by atoms with Crippen LogP contribution in [0.4, 0.5) is 0 Å². The first-order chi connectivity index (χ1) is 30.9. The van der Waals surface area contributed by atoms with Gasteiger partial charge in [0.2, 0.25) is 0 Å². The maximum absolute atomic E-state index is 12.9. The molecule has 17 nitrogen and oxygen atoms in total. The number of aromatic nitrogens is 2. The van der Waals surface area contributed by atoms with Crippen LogP contribution in [0, 0.1) is 0 Å². The summed E-state index contributed by atoms with van der Waals surface area (Å²) in [6.45, 7) is 2.99. The molecular weight excluding hydrogens is 931 g/mol. The van der Waals surface area contributed by atoms with Crippen LogP contribution in [0.2, 0.25) is 0 Å². The Bertz CT molecular complexity index is 1660. The molecule has 3 unspecified atom stereocenters. The van der Waals surface area contributed by atoms with E-state index < -0.39 is 70.6 Å². The summed E-state index contributed by atoms with van der Waals surface area (Å²) in [6.07, 6.45) is 30.7. The number of phosphoric acid groups is 2. The van der Waals surface area contributed by atoms with E-state index in [0.29, 0.717) is 6.42 Å². The van der Waals surface area contributed by atoms with Crippen molar-refractivity contribution in [3.05, 3.63) is 43.5 Å². The van der Waals surface area contributed by atoms with E-state index in [9.17, 15) is 33.3 Å². The Labute approximate surface area is 442 Å². The number of phosphoric ester groups is 2. The molecular formula is C44H79N5Na2O12P2S. The molecule has 370 valence electrons. The van der Waals surface area contributed by atoms with Crippen LogP contribution in [0.15, 0.2) is 27.0 Å². The maximum atomic E-state index is 12.9. The van der Waals surface area contributed by atoms with Crippen molar-refractivity contribution in [2.45, 2.75) is 225 Å². The first-order valence-electron chi connectivity index (χ1n) is 24.3. The molecule has 2 rings (SSSR count). The second-order valence-electron chi connectivity index (χ2n) is 17.0. The van der Waals surface area contributed by atoms with Gasteiger partial charge in [-0.3, -0.25) is 28.3 Å². The third-order valence-electron chi connectivity index (χ3n) is 11.3. The van der Waals surface area contributed by atoms with E-state index in [0.717, 1.165) is 54.9 Å². The molecule has 0 amide bonds. The zero-order valence-electron chi connectivity index (χ0n) is 40.8. The number of nitrogens with zero attached hydrogens (tertiary/aromatic N) is 4. The van der Waals surface area contributed by atoms with Gasteiger partial charge in [-0.05, 0) is 24.1 Å². The van der Waals surface area contributed by atoms with Gasteiger partial charge in [-0.1, -0.05) is 179 Å². The van der Waals surface area contributed by atoms with Gasteiger partial charge in [0.05, 0.1) is 25.4 Å². The zero-order chi connectivity index (χ0) is 46.7. The number of ether oxygens (including phenoxy) is 2. The fourth-order valence-electron chi connectivity index (χ4n) is 7.65. The van der Waals surface area contributed by atoms with Crippen molar-refractivity contribution in [1.82, 2.24) is 9.55 Å². The minimum atomic E-state index is -5.59. The third-order valence-corrected chi connectivity index (χ3v) is 15.0. The normalized spacial score (nSPS) is 18.0. The van der Waals surface area contributed by atoms with Crippen LogP contribution in [-0.4, -0.2) is 58.5 Å². The molecule has 0 spiro atoms. The van der Waals surface area contributed by atoms with Crippen LogP contribution >= 0.6 is 27.4 Å². The monoisotopic (exact) mass is 1010 g/mol. The minimum Gasteiger partial charge on any atom is -0.756 e. The maximum Gasteiger partial charge on any atom is 1.00 e. The van der Waals surface area contributed by atoms with E-state index in [-0.39, 0.29) is 77.7 Å². The first-order valence-corrected chi connectivity index (χ1v) is 28.4. The average molecular weight is 1010 g/mol. The smallest absolute Gasteiger partial charge is 0.756 e. The molecule has 0 aromatic carbocycles. The average Bonchev–Trinajstić information content (AvgIpc) is 3.65. The molecule has 1 N–H and O–H groups in total. The van der Waals surface area contributed by atoms with E-state index in [1.165, 1.54) is 146 Å². The van der Waals surface area contributed by atoms with E-state index in [2.05, 4.69) is 33.2 Å². The summed E-state index contributed by atoms with van der Waals surface area (Å²) >= 11 is 1.51. The number of carbonyl (C=O) groups is 1.